The molecule has 0 bridgehead atoms. The molecule has 0 unspecified atom stereocenters. The molecule has 162 valence electrons. The number of piperazine rings is 1. The van der Waals surface area contributed by atoms with Crippen molar-refractivity contribution in [1.82, 2.24) is 19.9 Å². The molecule has 0 atom stereocenters. The fraction of sp³-hybridized carbons (Fsp3) is 0.318. The number of nitrogens with zero attached hydrogens (tertiary/aromatic N) is 4. The average molecular weight is 484 g/mol. The maximum absolute atomic E-state index is 11.8. The molecule has 3 N–H and O–H groups in total. The Hall–Kier alpha value is -2.91. The van der Waals surface area contributed by atoms with Crippen molar-refractivity contribution in [3.05, 3.63) is 69.2 Å². The molecule has 1 aromatic carbocycles. The quantitative estimate of drug-likeness (QED) is 0.475. The molecule has 2 aromatic heterocycles. The molecule has 0 spiro atoms. The van der Waals surface area contributed by atoms with Gasteiger partial charge in [0.25, 0.3) is 5.56 Å². The number of hydrogen-bond acceptors (Lipinski definition) is 7. The minimum absolute atomic E-state index is 0.0616. The third kappa shape index (κ3) is 5.62. The number of likely N-dealkylation sites (N-methyl/N-ethyl adjacent to an activating group) is 1. The molecular formula is C22H26BrN7O. The van der Waals surface area contributed by atoms with Gasteiger partial charge in [0.1, 0.15) is 5.82 Å². The lowest BCUT2D eigenvalue weighted by molar-refractivity contribution is 0.313. The number of H-pyrrole nitrogens is 1. The molecule has 0 radical (unpaired) electrons. The third-order valence-corrected chi connectivity index (χ3v) is 5.90. The van der Waals surface area contributed by atoms with Gasteiger partial charge in [0.2, 0.25) is 5.95 Å². The Kier molecular flexibility index (Phi) is 6.83. The zero-order valence-corrected chi connectivity index (χ0v) is 19.0. The Bertz CT molecular complexity index is 1060. The van der Waals surface area contributed by atoms with Gasteiger partial charge in [0.15, 0.2) is 0 Å². The number of halogens is 1. The average Bonchev–Trinajstić information content (AvgIpc) is 2.78. The van der Waals surface area contributed by atoms with Crippen LogP contribution in [0.5, 0.6) is 0 Å². The molecule has 1 fully saturated rings. The highest BCUT2D eigenvalue weighted by Crippen LogP contribution is 2.24. The Morgan fingerprint density at radius 2 is 1.90 bits per heavy atom. The molecular weight excluding hydrogens is 458 g/mol. The number of aromatic amines is 1. The van der Waals surface area contributed by atoms with E-state index in [-0.39, 0.29) is 5.56 Å². The van der Waals surface area contributed by atoms with E-state index in [0.29, 0.717) is 24.7 Å². The maximum Gasteiger partial charge on any atom is 0.251 e. The van der Waals surface area contributed by atoms with E-state index in [9.17, 15) is 4.79 Å². The lowest BCUT2D eigenvalue weighted by atomic mass is 10.2. The second kappa shape index (κ2) is 9.93. The second-order valence-electron chi connectivity index (χ2n) is 7.55. The van der Waals surface area contributed by atoms with E-state index in [0.717, 1.165) is 41.9 Å². The van der Waals surface area contributed by atoms with Gasteiger partial charge in [-0.15, -0.1) is 0 Å². The molecule has 3 heterocycles. The number of pyridine rings is 1. The van der Waals surface area contributed by atoms with E-state index in [1.807, 2.05) is 24.3 Å². The van der Waals surface area contributed by atoms with Gasteiger partial charge in [0, 0.05) is 62.1 Å². The summed E-state index contributed by atoms with van der Waals surface area (Å²) >= 11 is 3.48. The zero-order chi connectivity index (χ0) is 21.6. The van der Waals surface area contributed by atoms with Crippen molar-refractivity contribution in [2.75, 3.05) is 55.3 Å². The van der Waals surface area contributed by atoms with Crippen LogP contribution in [-0.4, -0.2) is 59.6 Å². The van der Waals surface area contributed by atoms with Crippen LogP contribution in [0.3, 0.4) is 0 Å². The number of benzene rings is 1. The van der Waals surface area contributed by atoms with Crippen molar-refractivity contribution in [1.29, 1.82) is 0 Å². The Balaban J connectivity index is 1.36. The molecule has 1 aliphatic rings. The first kappa shape index (κ1) is 21.3. The maximum atomic E-state index is 11.8. The van der Waals surface area contributed by atoms with E-state index in [1.54, 1.807) is 12.4 Å². The van der Waals surface area contributed by atoms with Crippen LogP contribution in [0.25, 0.3) is 0 Å². The topological polar surface area (TPSA) is 89.2 Å². The number of aromatic nitrogens is 3. The van der Waals surface area contributed by atoms with Crippen LogP contribution in [-0.2, 0) is 6.42 Å². The molecule has 1 aliphatic heterocycles. The first-order valence-electron chi connectivity index (χ1n) is 10.3. The van der Waals surface area contributed by atoms with E-state index in [2.05, 4.69) is 70.5 Å². The first-order chi connectivity index (χ1) is 15.1. The van der Waals surface area contributed by atoms with Crippen LogP contribution in [0.15, 0.2) is 58.1 Å². The van der Waals surface area contributed by atoms with Crippen LogP contribution < -0.4 is 21.1 Å². The van der Waals surface area contributed by atoms with E-state index in [4.69, 9.17) is 0 Å². The van der Waals surface area contributed by atoms with E-state index in [1.165, 1.54) is 5.69 Å². The summed E-state index contributed by atoms with van der Waals surface area (Å²) in [5.74, 6) is 1.19. The molecule has 1 saturated heterocycles. The SMILES string of the molecule is CN1CCN(c2ccc(Nc3ncc(Br)c(NCCc4ccc[nH]c4=O)n3)cc2)CC1. The Morgan fingerprint density at radius 1 is 1.13 bits per heavy atom. The summed E-state index contributed by atoms with van der Waals surface area (Å²) < 4.78 is 0.769. The zero-order valence-electron chi connectivity index (χ0n) is 17.4. The molecule has 3 aromatic rings. The highest BCUT2D eigenvalue weighted by atomic mass is 79.9. The minimum atomic E-state index is -0.0616. The molecule has 8 nitrogen and oxygen atoms in total. The summed E-state index contributed by atoms with van der Waals surface area (Å²) in [6, 6.07) is 12.0. The van der Waals surface area contributed by atoms with Gasteiger partial charge < -0.3 is 25.4 Å². The number of nitrogens with one attached hydrogen (secondary N) is 3. The van der Waals surface area contributed by atoms with Crippen molar-refractivity contribution in [3.8, 4) is 0 Å². The molecule has 31 heavy (non-hydrogen) atoms. The molecule has 0 aliphatic carbocycles. The van der Waals surface area contributed by atoms with Crippen molar-refractivity contribution in [3.63, 3.8) is 0 Å². The largest absolute Gasteiger partial charge is 0.369 e. The Labute approximate surface area is 189 Å². The fourth-order valence-corrected chi connectivity index (χ4v) is 3.80. The van der Waals surface area contributed by atoms with Gasteiger partial charge in [-0.2, -0.15) is 4.98 Å². The number of rotatable bonds is 7. The smallest absolute Gasteiger partial charge is 0.251 e. The summed E-state index contributed by atoms with van der Waals surface area (Å²) in [7, 11) is 2.16. The summed E-state index contributed by atoms with van der Waals surface area (Å²) in [4.78, 5) is 28.1. The predicted molar refractivity (Wildman–Crippen MR) is 128 cm³/mol. The van der Waals surface area contributed by atoms with E-state index < -0.39 is 0 Å². The van der Waals surface area contributed by atoms with Gasteiger partial charge in [-0.3, -0.25) is 4.79 Å². The highest BCUT2D eigenvalue weighted by molar-refractivity contribution is 9.10. The molecule has 4 rings (SSSR count). The summed E-state index contributed by atoms with van der Waals surface area (Å²) in [5.41, 5.74) is 2.84. The van der Waals surface area contributed by atoms with Crippen molar-refractivity contribution >= 4 is 39.1 Å². The van der Waals surface area contributed by atoms with Gasteiger partial charge >= 0.3 is 0 Å². The van der Waals surface area contributed by atoms with Gasteiger partial charge in [-0.1, -0.05) is 6.07 Å². The lowest BCUT2D eigenvalue weighted by Gasteiger charge is -2.34. The van der Waals surface area contributed by atoms with Crippen molar-refractivity contribution in [2.24, 2.45) is 0 Å². The molecule has 0 saturated carbocycles. The van der Waals surface area contributed by atoms with Crippen LogP contribution >= 0.6 is 15.9 Å². The first-order valence-corrected chi connectivity index (χ1v) is 11.1. The van der Waals surface area contributed by atoms with Gasteiger partial charge in [-0.05, 0) is 59.7 Å². The third-order valence-electron chi connectivity index (χ3n) is 5.32. The van der Waals surface area contributed by atoms with Gasteiger partial charge in [0.05, 0.1) is 4.47 Å². The summed E-state index contributed by atoms with van der Waals surface area (Å²) in [6.07, 6.45) is 3.95. The summed E-state index contributed by atoms with van der Waals surface area (Å²) in [5, 5.41) is 6.53. The van der Waals surface area contributed by atoms with Crippen LogP contribution in [0.2, 0.25) is 0 Å². The van der Waals surface area contributed by atoms with Crippen LogP contribution in [0, 0.1) is 0 Å². The number of anilines is 4. The molecule has 0 amide bonds. The lowest BCUT2D eigenvalue weighted by Crippen LogP contribution is -2.44. The van der Waals surface area contributed by atoms with Crippen LogP contribution in [0.4, 0.5) is 23.1 Å². The monoisotopic (exact) mass is 483 g/mol. The molecule has 9 heteroatoms. The predicted octanol–water partition coefficient (Wildman–Crippen LogP) is 3.08. The minimum Gasteiger partial charge on any atom is -0.369 e. The van der Waals surface area contributed by atoms with Crippen molar-refractivity contribution in [2.45, 2.75) is 6.42 Å². The normalized spacial score (nSPS) is 14.5. The van der Waals surface area contributed by atoms with Crippen molar-refractivity contribution < 1.29 is 0 Å². The highest BCUT2D eigenvalue weighted by Gasteiger charge is 2.14. The Morgan fingerprint density at radius 3 is 2.65 bits per heavy atom. The summed E-state index contributed by atoms with van der Waals surface area (Å²) in [6.45, 7) is 4.84. The standard InChI is InChI=1S/C22H26BrN7O/c1-29-11-13-30(14-12-29)18-6-4-17(5-7-18)27-22-26-15-19(23)20(28-22)24-10-8-16-3-2-9-25-21(16)31/h2-7,9,15H,8,10-14H2,1H3,(H,25,31)(H2,24,26,27,28). The second-order valence-corrected chi connectivity index (χ2v) is 8.41. The number of hydrogen-bond donors (Lipinski definition) is 3. The van der Waals surface area contributed by atoms with Gasteiger partial charge in [-0.25, -0.2) is 4.98 Å². The fourth-order valence-electron chi connectivity index (χ4n) is 3.47. The van der Waals surface area contributed by atoms with E-state index >= 15 is 0 Å². The van der Waals surface area contributed by atoms with Crippen LogP contribution in [0.1, 0.15) is 5.56 Å².